The van der Waals surface area contributed by atoms with Crippen molar-refractivity contribution in [2.45, 2.75) is 18.9 Å². The summed E-state index contributed by atoms with van der Waals surface area (Å²) in [5.74, 6) is 0. The molecule has 0 radical (unpaired) electrons. The fourth-order valence-electron chi connectivity index (χ4n) is 1.59. The van der Waals surface area contributed by atoms with Crippen LogP contribution in [0.2, 0.25) is 0 Å². The number of aromatic nitrogens is 1. The maximum absolute atomic E-state index is 11.7. The highest BCUT2D eigenvalue weighted by Gasteiger charge is 2.25. The quantitative estimate of drug-likeness (QED) is 0.746. The topological polar surface area (TPSA) is 104 Å². The summed E-state index contributed by atoms with van der Waals surface area (Å²) < 4.78 is 10.3. The lowest BCUT2D eigenvalue weighted by Crippen LogP contribution is -2.08. The van der Waals surface area contributed by atoms with Crippen molar-refractivity contribution in [1.82, 2.24) is 4.98 Å². The van der Waals surface area contributed by atoms with Gasteiger partial charge in [0.25, 0.3) is 0 Å². The molecule has 0 atom stereocenters. The van der Waals surface area contributed by atoms with Gasteiger partial charge in [-0.05, 0) is 25.0 Å². The van der Waals surface area contributed by atoms with Gasteiger partial charge in [-0.3, -0.25) is 0 Å². The largest absolute Gasteiger partial charge is 0.447 e. The Balaban J connectivity index is 2.20. The van der Waals surface area contributed by atoms with E-state index in [4.69, 9.17) is 20.6 Å². The Morgan fingerprint density at radius 1 is 1.35 bits per heavy atom. The van der Waals surface area contributed by atoms with E-state index in [0.717, 1.165) is 12.8 Å². The number of nitrogen functional groups attached to an aromatic ring is 2. The summed E-state index contributed by atoms with van der Waals surface area (Å²) in [7, 11) is 0. The van der Waals surface area contributed by atoms with Crippen LogP contribution in [0.3, 0.4) is 0 Å². The maximum Gasteiger partial charge on any atom is 0.397 e. The molecule has 0 bridgehead atoms. The van der Waals surface area contributed by atoms with Crippen molar-refractivity contribution in [2.24, 2.45) is 0 Å². The molecule has 1 aromatic heterocycles. The first-order valence-corrected chi connectivity index (χ1v) is 5.30. The monoisotopic (exact) mass is 233 g/mol. The number of hydrogen-bond donors (Lipinski definition) is 2. The molecule has 1 heterocycles. The normalized spacial score (nSPS) is 15.1. The summed E-state index contributed by atoms with van der Waals surface area (Å²) in [6.45, 7) is 0. The number of rotatable bonds is 2. The van der Waals surface area contributed by atoms with Gasteiger partial charge in [0, 0.05) is 5.69 Å². The van der Waals surface area contributed by atoms with Gasteiger partial charge in [-0.2, -0.15) is 4.98 Å². The van der Waals surface area contributed by atoms with Crippen molar-refractivity contribution < 1.29 is 9.15 Å². The Hall–Kier alpha value is -2.24. The Bertz CT molecular complexity index is 646. The van der Waals surface area contributed by atoms with Crippen LogP contribution < -0.4 is 21.8 Å². The molecule has 4 N–H and O–H groups in total. The molecule has 0 aliphatic heterocycles. The smallest absolute Gasteiger partial charge is 0.397 e. The van der Waals surface area contributed by atoms with Gasteiger partial charge in [0.05, 0.1) is 11.1 Å². The molecular weight excluding hydrogens is 222 g/mol. The van der Waals surface area contributed by atoms with E-state index < -0.39 is 5.63 Å². The van der Waals surface area contributed by atoms with E-state index in [1.165, 1.54) is 6.07 Å². The summed E-state index contributed by atoms with van der Waals surface area (Å²) in [4.78, 5) is 15.8. The molecule has 1 aliphatic carbocycles. The van der Waals surface area contributed by atoms with Gasteiger partial charge in [-0.1, -0.05) is 0 Å². The zero-order chi connectivity index (χ0) is 12.0. The highest BCUT2D eigenvalue weighted by Crippen LogP contribution is 2.27. The Morgan fingerprint density at radius 2 is 2.12 bits per heavy atom. The van der Waals surface area contributed by atoms with E-state index in [1.54, 1.807) is 6.07 Å². The molecule has 3 rings (SSSR count). The average molecular weight is 233 g/mol. The summed E-state index contributed by atoms with van der Waals surface area (Å²) in [5.41, 5.74) is 11.9. The Kier molecular flexibility index (Phi) is 1.98. The third kappa shape index (κ3) is 1.77. The number of ether oxygens (including phenoxy) is 1. The minimum atomic E-state index is -0.537. The third-order valence-corrected chi connectivity index (χ3v) is 2.56. The van der Waals surface area contributed by atoms with E-state index in [1.807, 2.05) is 0 Å². The van der Waals surface area contributed by atoms with Gasteiger partial charge in [-0.25, -0.2) is 4.79 Å². The average Bonchev–Trinajstić information content (AvgIpc) is 3.04. The van der Waals surface area contributed by atoms with Gasteiger partial charge < -0.3 is 20.6 Å². The second-order valence-electron chi connectivity index (χ2n) is 4.09. The number of anilines is 2. The number of nitrogens with zero attached hydrogens (tertiary/aromatic N) is 1. The van der Waals surface area contributed by atoms with Gasteiger partial charge >= 0.3 is 11.7 Å². The predicted octanol–water partition coefficient (Wildman–Crippen LogP) is 0.894. The maximum atomic E-state index is 11.7. The molecule has 0 spiro atoms. The first-order valence-electron chi connectivity index (χ1n) is 5.30. The SMILES string of the molecule is Nc1cc(N)c2nc(OC3CC3)oc(=O)c2c1. The predicted molar refractivity (Wildman–Crippen MR) is 62.8 cm³/mol. The highest BCUT2D eigenvalue weighted by atomic mass is 16.6. The second kappa shape index (κ2) is 3.38. The van der Waals surface area contributed by atoms with Gasteiger partial charge in [0.15, 0.2) is 0 Å². The van der Waals surface area contributed by atoms with E-state index in [9.17, 15) is 4.79 Å². The molecule has 6 heteroatoms. The molecule has 17 heavy (non-hydrogen) atoms. The van der Waals surface area contributed by atoms with Crippen LogP contribution in [-0.2, 0) is 0 Å². The van der Waals surface area contributed by atoms with E-state index in [-0.39, 0.29) is 17.6 Å². The zero-order valence-electron chi connectivity index (χ0n) is 8.97. The van der Waals surface area contributed by atoms with Crippen LogP contribution in [-0.4, -0.2) is 11.1 Å². The van der Waals surface area contributed by atoms with Crippen LogP contribution in [0.1, 0.15) is 12.8 Å². The Labute approximate surface area is 96.2 Å². The second-order valence-corrected chi connectivity index (χ2v) is 4.09. The molecule has 6 nitrogen and oxygen atoms in total. The summed E-state index contributed by atoms with van der Waals surface area (Å²) in [6, 6.07) is 3.04. The molecular formula is C11H11N3O3. The molecule has 1 aliphatic rings. The van der Waals surface area contributed by atoms with Crippen LogP contribution in [0.15, 0.2) is 21.3 Å². The first-order chi connectivity index (χ1) is 8.13. The minimum absolute atomic E-state index is 0.0264. The number of fused-ring (bicyclic) bond motifs is 1. The molecule has 1 fully saturated rings. The van der Waals surface area contributed by atoms with Crippen LogP contribution in [0.25, 0.3) is 10.9 Å². The number of nitrogens with two attached hydrogens (primary N) is 2. The standard InChI is InChI=1S/C11H11N3O3/c12-5-3-7-9(8(13)4-5)14-11(17-10(7)15)16-6-1-2-6/h3-4,6H,1-2,12-13H2. The minimum Gasteiger partial charge on any atom is -0.447 e. The number of hydrogen-bond acceptors (Lipinski definition) is 6. The van der Waals surface area contributed by atoms with Crippen LogP contribution in [0, 0.1) is 0 Å². The summed E-state index contributed by atoms with van der Waals surface area (Å²) in [5, 5.41) is 0.269. The fourth-order valence-corrected chi connectivity index (χ4v) is 1.59. The molecule has 1 aromatic carbocycles. The lowest BCUT2D eigenvalue weighted by molar-refractivity contribution is 0.205. The van der Waals surface area contributed by atoms with Gasteiger partial charge in [0.1, 0.15) is 11.6 Å². The van der Waals surface area contributed by atoms with E-state index in [2.05, 4.69) is 4.98 Å². The number of benzene rings is 1. The lowest BCUT2D eigenvalue weighted by Gasteiger charge is -2.05. The molecule has 2 aromatic rings. The molecule has 0 saturated heterocycles. The van der Waals surface area contributed by atoms with Crippen LogP contribution in [0.4, 0.5) is 11.4 Å². The van der Waals surface area contributed by atoms with Gasteiger partial charge in [-0.15, -0.1) is 0 Å². The van der Waals surface area contributed by atoms with Crippen molar-refractivity contribution in [3.05, 3.63) is 22.6 Å². The summed E-state index contributed by atoms with van der Waals surface area (Å²) >= 11 is 0. The third-order valence-electron chi connectivity index (χ3n) is 2.56. The Morgan fingerprint density at radius 3 is 2.82 bits per heavy atom. The molecule has 0 unspecified atom stereocenters. The van der Waals surface area contributed by atoms with Crippen molar-refractivity contribution in [1.29, 1.82) is 0 Å². The van der Waals surface area contributed by atoms with Crippen LogP contribution >= 0.6 is 0 Å². The van der Waals surface area contributed by atoms with Crippen molar-refractivity contribution >= 4 is 22.3 Å². The van der Waals surface area contributed by atoms with E-state index >= 15 is 0 Å². The van der Waals surface area contributed by atoms with E-state index in [0.29, 0.717) is 16.9 Å². The zero-order valence-corrected chi connectivity index (χ0v) is 8.97. The highest BCUT2D eigenvalue weighted by molar-refractivity contribution is 5.91. The molecule has 1 saturated carbocycles. The molecule has 0 amide bonds. The fraction of sp³-hybridized carbons (Fsp3) is 0.273. The van der Waals surface area contributed by atoms with Crippen molar-refractivity contribution in [2.75, 3.05) is 11.5 Å². The van der Waals surface area contributed by atoms with Crippen molar-refractivity contribution in [3.8, 4) is 6.08 Å². The molecule has 88 valence electrons. The summed E-state index contributed by atoms with van der Waals surface area (Å²) in [6.07, 6.45) is 2.00. The van der Waals surface area contributed by atoms with Gasteiger partial charge in [0.2, 0.25) is 0 Å². The first kappa shape index (κ1) is 9.95. The van der Waals surface area contributed by atoms with Crippen molar-refractivity contribution in [3.63, 3.8) is 0 Å². The lowest BCUT2D eigenvalue weighted by atomic mass is 10.2. The van der Waals surface area contributed by atoms with Crippen LogP contribution in [0.5, 0.6) is 6.08 Å².